The second-order valence-electron chi connectivity index (χ2n) is 9.97. The van der Waals surface area contributed by atoms with Gasteiger partial charge in [0.05, 0.1) is 12.0 Å². The highest BCUT2D eigenvalue weighted by molar-refractivity contribution is 5.89. The van der Waals surface area contributed by atoms with Crippen molar-refractivity contribution in [2.45, 2.75) is 69.9 Å². The van der Waals surface area contributed by atoms with E-state index >= 15 is 0 Å². The second-order valence-corrected chi connectivity index (χ2v) is 9.97. The lowest BCUT2D eigenvalue weighted by atomic mass is 9.87. The molecule has 0 aromatic heterocycles. The van der Waals surface area contributed by atoms with E-state index in [-0.39, 0.29) is 49.2 Å². The zero-order chi connectivity index (χ0) is 26.1. The Balaban J connectivity index is 1.55. The number of carboxylic acids is 1. The number of ether oxygens (including phenoxy) is 1. The van der Waals surface area contributed by atoms with Crippen LogP contribution in [0.5, 0.6) is 5.75 Å². The van der Waals surface area contributed by atoms with Crippen molar-refractivity contribution in [1.82, 2.24) is 4.90 Å². The molecule has 2 aromatic rings. The number of alkyl halides is 6. The van der Waals surface area contributed by atoms with Gasteiger partial charge >= 0.3 is 18.3 Å². The van der Waals surface area contributed by atoms with Gasteiger partial charge in [0, 0.05) is 19.5 Å². The van der Waals surface area contributed by atoms with E-state index < -0.39 is 35.9 Å². The molecular weight excluding hydrogens is 488 g/mol. The molecule has 1 atom stereocenters. The molecule has 0 unspecified atom stereocenters. The number of hydrogen-bond acceptors (Lipinski definition) is 3. The standard InChI is InChI=1S/C26H29F6NO3/c27-25(28,29)19-6-8-20(9-7-19)36-22-10-5-18-4-3-17(12-21(18)24(22)26(30,31)32)15-33-11-1-2-16(14-33)13-23(34)35/h3-5,10,12,16,19-20H,1-2,6-9,11,13-15H2,(H,34,35)/t16-,19?,20?/m0/s1. The first-order valence-corrected chi connectivity index (χ1v) is 12.2. The molecule has 1 saturated carbocycles. The maximum absolute atomic E-state index is 14.2. The van der Waals surface area contributed by atoms with Crippen molar-refractivity contribution in [2.75, 3.05) is 13.1 Å². The average Bonchev–Trinajstić information content (AvgIpc) is 2.77. The molecule has 10 heteroatoms. The first-order chi connectivity index (χ1) is 16.9. The molecule has 4 rings (SSSR count). The normalized spacial score (nSPS) is 24.1. The number of likely N-dealkylation sites (tertiary alicyclic amines) is 1. The maximum atomic E-state index is 14.2. The third-order valence-electron chi connectivity index (χ3n) is 7.23. The van der Waals surface area contributed by atoms with Crippen LogP contribution in [0.3, 0.4) is 0 Å². The van der Waals surface area contributed by atoms with Crippen LogP contribution in [-0.4, -0.2) is 41.3 Å². The van der Waals surface area contributed by atoms with Crippen molar-refractivity contribution in [1.29, 1.82) is 0 Å². The minimum atomic E-state index is -4.71. The lowest BCUT2D eigenvalue weighted by Crippen LogP contribution is -2.35. The van der Waals surface area contributed by atoms with Crippen LogP contribution in [0.4, 0.5) is 26.3 Å². The molecule has 4 nitrogen and oxygen atoms in total. The summed E-state index contributed by atoms with van der Waals surface area (Å²) in [5.74, 6) is -2.65. The fraction of sp³-hybridized carbons (Fsp3) is 0.577. The highest BCUT2D eigenvalue weighted by Gasteiger charge is 2.42. The summed E-state index contributed by atoms with van der Waals surface area (Å²) in [5, 5.41) is 9.45. The van der Waals surface area contributed by atoms with E-state index in [1.54, 1.807) is 12.1 Å². The number of benzene rings is 2. The minimum Gasteiger partial charge on any atom is -0.490 e. The largest absolute Gasteiger partial charge is 0.490 e. The van der Waals surface area contributed by atoms with Crippen LogP contribution in [0, 0.1) is 11.8 Å². The van der Waals surface area contributed by atoms with E-state index in [9.17, 15) is 31.1 Å². The first kappa shape index (κ1) is 26.6. The van der Waals surface area contributed by atoms with Crippen LogP contribution in [0.15, 0.2) is 30.3 Å². The number of hydrogen-bond donors (Lipinski definition) is 1. The number of halogens is 6. The van der Waals surface area contributed by atoms with E-state index in [1.807, 2.05) is 0 Å². The van der Waals surface area contributed by atoms with Crippen molar-refractivity contribution < 1.29 is 41.0 Å². The molecule has 1 N–H and O–H groups in total. The van der Waals surface area contributed by atoms with Gasteiger partial charge in [0.2, 0.25) is 0 Å². The Labute approximate surface area is 205 Å². The quantitative estimate of drug-likeness (QED) is 0.418. The highest BCUT2D eigenvalue weighted by atomic mass is 19.4. The lowest BCUT2D eigenvalue weighted by molar-refractivity contribution is -0.185. The van der Waals surface area contributed by atoms with E-state index in [0.29, 0.717) is 24.0 Å². The third-order valence-corrected chi connectivity index (χ3v) is 7.23. The number of carboxylic acid groups (broad SMARTS) is 1. The van der Waals surface area contributed by atoms with Crippen molar-refractivity contribution in [2.24, 2.45) is 11.8 Å². The molecular formula is C26H29F6NO3. The summed E-state index contributed by atoms with van der Waals surface area (Å²) in [4.78, 5) is 13.1. The molecule has 198 valence electrons. The van der Waals surface area contributed by atoms with E-state index in [0.717, 1.165) is 19.4 Å². The second kappa shape index (κ2) is 10.5. The molecule has 0 spiro atoms. The molecule has 36 heavy (non-hydrogen) atoms. The average molecular weight is 518 g/mol. The van der Waals surface area contributed by atoms with Gasteiger partial charge in [-0.15, -0.1) is 0 Å². The summed E-state index contributed by atoms with van der Waals surface area (Å²) in [6, 6.07) is 7.67. The van der Waals surface area contributed by atoms with Crippen molar-refractivity contribution in [3.63, 3.8) is 0 Å². The van der Waals surface area contributed by atoms with Crippen LogP contribution >= 0.6 is 0 Å². The number of aliphatic carboxylic acids is 1. The van der Waals surface area contributed by atoms with Crippen LogP contribution in [0.1, 0.15) is 56.1 Å². The topological polar surface area (TPSA) is 49.8 Å². The predicted octanol–water partition coefficient (Wildman–Crippen LogP) is 7.05. The van der Waals surface area contributed by atoms with E-state index in [2.05, 4.69) is 4.90 Å². The molecule has 1 aliphatic carbocycles. The van der Waals surface area contributed by atoms with Crippen LogP contribution in [0.2, 0.25) is 0 Å². The van der Waals surface area contributed by atoms with E-state index in [1.165, 1.54) is 18.2 Å². The summed E-state index contributed by atoms with van der Waals surface area (Å²) >= 11 is 0. The van der Waals surface area contributed by atoms with Crippen LogP contribution in [0.25, 0.3) is 10.8 Å². The van der Waals surface area contributed by atoms with Crippen molar-refractivity contribution in [3.05, 3.63) is 41.5 Å². The van der Waals surface area contributed by atoms with Crippen molar-refractivity contribution in [3.8, 4) is 5.75 Å². The van der Waals surface area contributed by atoms with Gasteiger partial charge in [-0.25, -0.2) is 0 Å². The SMILES string of the molecule is O=C(O)C[C@@H]1CCCN(Cc2ccc3ccc(OC4CCC(C(F)(F)F)CC4)c(C(F)(F)F)c3c2)C1. The Morgan fingerprint density at radius 1 is 1.00 bits per heavy atom. The first-order valence-electron chi connectivity index (χ1n) is 12.2. The molecule has 1 aliphatic heterocycles. The summed E-state index contributed by atoms with van der Waals surface area (Å²) < 4.78 is 87.2. The van der Waals surface area contributed by atoms with Gasteiger partial charge in [0.25, 0.3) is 0 Å². The number of nitrogens with zero attached hydrogens (tertiary/aromatic N) is 1. The Bertz CT molecular complexity index is 1080. The molecule has 2 fully saturated rings. The summed E-state index contributed by atoms with van der Waals surface area (Å²) in [7, 11) is 0. The fourth-order valence-corrected chi connectivity index (χ4v) is 5.49. The fourth-order valence-electron chi connectivity index (χ4n) is 5.49. The summed E-state index contributed by atoms with van der Waals surface area (Å²) in [5.41, 5.74) is -0.242. The summed E-state index contributed by atoms with van der Waals surface area (Å²) in [6.07, 6.45) is -8.24. The monoisotopic (exact) mass is 517 g/mol. The lowest BCUT2D eigenvalue weighted by Gasteiger charge is -2.32. The number of carbonyl (C=O) groups is 1. The maximum Gasteiger partial charge on any atom is 0.420 e. The predicted molar refractivity (Wildman–Crippen MR) is 122 cm³/mol. The van der Waals surface area contributed by atoms with Crippen molar-refractivity contribution >= 4 is 16.7 Å². The Morgan fingerprint density at radius 2 is 1.69 bits per heavy atom. The molecule has 2 aromatic carbocycles. The smallest absolute Gasteiger partial charge is 0.420 e. The van der Waals surface area contributed by atoms with Gasteiger partial charge in [0.15, 0.2) is 0 Å². The third kappa shape index (κ3) is 6.44. The Kier molecular flexibility index (Phi) is 7.73. The number of rotatable bonds is 6. The van der Waals surface area contributed by atoms with E-state index in [4.69, 9.17) is 9.84 Å². The number of fused-ring (bicyclic) bond motifs is 1. The van der Waals surface area contributed by atoms with Crippen LogP contribution in [-0.2, 0) is 17.5 Å². The zero-order valence-electron chi connectivity index (χ0n) is 19.7. The van der Waals surface area contributed by atoms with Gasteiger partial charge in [-0.05, 0) is 79.5 Å². The molecule has 0 amide bonds. The summed E-state index contributed by atoms with van der Waals surface area (Å²) in [6.45, 7) is 1.71. The van der Waals surface area contributed by atoms with Gasteiger partial charge in [-0.3, -0.25) is 9.69 Å². The van der Waals surface area contributed by atoms with Gasteiger partial charge in [0.1, 0.15) is 11.3 Å². The number of piperidine rings is 1. The van der Waals surface area contributed by atoms with Gasteiger partial charge < -0.3 is 9.84 Å². The molecule has 1 heterocycles. The van der Waals surface area contributed by atoms with Gasteiger partial charge in [-0.2, -0.15) is 26.3 Å². The Morgan fingerprint density at radius 3 is 2.33 bits per heavy atom. The van der Waals surface area contributed by atoms with Gasteiger partial charge in [-0.1, -0.05) is 18.2 Å². The van der Waals surface area contributed by atoms with Crippen LogP contribution < -0.4 is 4.74 Å². The molecule has 0 radical (unpaired) electrons. The minimum absolute atomic E-state index is 0.00915. The molecule has 2 aliphatic rings. The molecule has 1 saturated heterocycles. The highest BCUT2D eigenvalue weighted by Crippen LogP contribution is 2.44. The Hall–Kier alpha value is -2.49. The molecule has 0 bridgehead atoms. The zero-order valence-corrected chi connectivity index (χ0v) is 19.7.